The molecule has 1 heterocycles. The number of fused-ring (bicyclic) bond motifs is 2. The van der Waals surface area contributed by atoms with Gasteiger partial charge in [0.1, 0.15) is 5.82 Å². The summed E-state index contributed by atoms with van der Waals surface area (Å²) >= 11 is 5.55. The van der Waals surface area contributed by atoms with Crippen molar-refractivity contribution in [2.45, 2.75) is 46.1 Å². The zero-order valence-corrected chi connectivity index (χ0v) is 13.8. The third kappa shape index (κ3) is 2.91. The monoisotopic (exact) mass is 306 g/mol. The lowest BCUT2D eigenvalue weighted by atomic mass is 9.65. The summed E-state index contributed by atoms with van der Waals surface area (Å²) in [6.07, 6.45) is 3.58. The summed E-state index contributed by atoms with van der Waals surface area (Å²) in [4.78, 5) is 2.27. The van der Waals surface area contributed by atoms with Gasteiger partial charge in [0.25, 0.3) is 0 Å². The van der Waals surface area contributed by atoms with Crippen LogP contribution in [0.3, 0.4) is 0 Å². The Hall–Kier alpha value is -1.16. The van der Waals surface area contributed by atoms with Crippen molar-refractivity contribution in [1.29, 1.82) is 0 Å². The fourth-order valence-corrected chi connectivity index (χ4v) is 4.77. The maximum Gasteiger partial charge on any atom is 0.173 e. The van der Waals surface area contributed by atoms with E-state index in [-0.39, 0.29) is 5.82 Å². The number of rotatable bonds is 1. The molecule has 2 fully saturated rings. The Labute approximate surface area is 131 Å². The maximum atomic E-state index is 13.8. The van der Waals surface area contributed by atoms with Crippen molar-refractivity contribution in [2.24, 2.45) is 10.8 Å². The molecule has 1 aliphatic carbocycles. The van der Waals surface area contributed by atoms with Crippen LogP contribution >= 0.6 is 12.2 Å². The zero-order valence-electron chi connectivity index (χ0n) is 12.9. The minimum atomic E-state index is -0.256. The van der Waals surface area contributed by atoms with Crippen LogP contribution in [0.4, 0.5) is 10.1 Å². The van der Waals surface area contributed by atoms with Gasteiger partial charge in [0.2, 0.25) is 0 Å². The Balaban J connectivity index is 1.76. The number of likely N-dealkylation sites (tertiary alicyclic amines) is 1. The van der Waals surface area contributed by atoms with Gasteiger partial charge in [0, 0.05) is 12.6 Å². The lowest BCUT2D eigenvalue weighted by molar-refractivity contribution is 0.132. The smallest absolute Gasteiger partial charge is 0.173 e. The van der Waals surface area contributed by atoms with E-state index in [9.17, 15) is 4.39 Å². The second-order valence-electron chi connectivity index (χ2n) is 7.75. The third-order valence-electron chi connectivity index (χ3n) is 4.79. The summed E-state index contributed by atoms with van der Waals surface area (Å²) in [6.45, 7) is 8.01. The van der Waals surface area contributed by atoms with E-state index in [2.05, 4.69) is 31.0 Å². The summed E-state index contributed by atoms with van der Waals surface area (Å²) in [5.74, 6) is -0.256. The van der Waals surface area contributed by atoms with Crippen molar-refractivity contribution in [2.75, 3.05) is 11.9 Å². The van der Waals surface area contributed by atoms with Gasteiger partial charge in [0.05, 0.1) is 5.69 Å². The van der Waals surface area contributed by atoms with Crippen molar-refractivity contribution >= 4 is 23.0 Å². The van der Waals surface area contributed by atoms with E-state index in [1.165, 1.54) is 18.9 Å². The molecule has 0 spiro atoms. The Kier molecular flexibility index (Phi) is 3.47. The number of para-hydroxylation sites is 1. The van der Waals surface area contributed by atoms with Crippen LogP contribution in [0, 0.1) is 16.6 Å². The highest BCUT2D eigenvalue weighted by atomic mass is 32.1. The molecule has 1 aliphatic heterocycles. The summed E-state index contributed by atoms with van der Waals surface area (Å²) in [5.41, 5.74) is 1.15. The topological polar surface area (TPSA) is 15.3 Å². The molecule has 0 aromatic heterocycles. The van der Waals surface area contributed by atoms with E-state index in [0.717, 1.165) is 13.0 Å². The molecular weight excluding hydrogens is 283 g/mol. The van der Waals surface area contributed by atoms with E-state index in [1.54, 1.807) is 12.1 Å². The van der Waals surface area contributed by atoms with Gasteiger partial charge in [-0.1, -0.05) is 32.9 Å². The molecule has 1 saturated heterocycles. The predicted molar refractivity (Wildman–Crippen MR) is 88.9 cm³/mol. The molecule has 1 aromatic rings. The lowest BCUT2D eigenvalue weighted by Crippen LogP contribution is -2.40. The minimum absolute atomic E-state index is 0.256. The third-order valence-corrected chi connectivity index (χ3v) is 5.13. The standard InChI is InChI=1S/C17H23FN2S/c1-16(2)8-12-9-17(3,10-16)11-20(12)15(21)19-14-7-5-4-6-13(14)18/h4-7,12H,8-11H2,1-3H3,(H,19,21)/t12-,17+/m0/s1. The van der Waals surface area contributed by atoms with Gasteiger partial charge in [-0.15, -0.1) is 0 Å². The van der Waals surface area contributed by atoms with Gasteiger partial charge in [-0.05, 0) is 54.4 Å². The number of nitrogens with one attached hydrogen (secondary N) is 1. The van der Waals surface area contributed by atoms with Gasteiger partial charge in [-0.25, -0.2) is 4.39 Å². The number of thiocarbonyl (C=S) groups is 1. The van der Waals surface area contributed by atoms with Crippen LogP contribution in [0.5, 0.6) is 0 Å². The molecule has 1 aromatic carbocycles. The zero-order chi connectivity index (χ0) is 15.3. The SMILES string of the molecule is CC1(C)C[C@H]2C[C@@](C)(CN2C(=S)Nc2ccccc2F)C1. The molecule has 2 atom stereocenters. The van der Waals surface area contributed by atoms with Crippen molar-refractivity contribution in [3.05, 3.63) is 30.1 Å². The van der Waals surface area contributed by atoms with E-state index in [1.807, 2.05) is 6.07 Å². The van der Waals surface area contributed by atoms with Gasteiger partial charge >= 0.3 is 0 Å². The van der Waals surface area contributed by atoms with Crippen LogP contribution in [-0.4, -0.2) is 22.6 Å². The Bertz CT molecular complexity index is 572. The molecular formula is C17H23FN2S. The Morgan fingerprint density at radius 2 is 2.00 bits per heavy atom. The first-order valence-corrected chi connectivity index (χ1v) is 8.01. The molecule has 2 aliphatic rings. The van der Waals surface area contributed by atoms with Gasteiger partial charge < -0.3 is 10.2 Å². The van der Waals surface area contributed by atoms with Crippen molar-refractivity contribution in [3.63, 3.8) is 0 Å². The summed E-state index contributed by atoms with van der Waals surface area (Å²) in [5, 5.41) is 3.75. The van der Waals surface area contributed by atoms with Crippen LogP contribution in [0.1, 0.15) is 40.0 Å². The molecule has 114 valence electrons. The van der Waals surface area contributed by atoms with Crippen LogP contribution in [0.25, 0.3) is 0 Å². The Morgan fingerprint density at radius 3 is 2.71 bits per heavy atom. The number of anilines is 1. The average Bonchev–Trinajstić information content (AvgIpc) is 2.61. The maximum absolute atomic E-state index is 13.8. The quantitative estimate of drug-likeness (QED) is 0.773. The first-order valence-electron chi connectivity index (χ1n) is 7.60. The number of halogens is 1. The van der Waals surface area contributed by atoms with E-state index < -0.39 is 0 Å². The second-order valence-corrected chi connectivity index (χ2v) is 8.14. The van der Waals surface area contributed by atoms with E-state index in [4.69, 9.17) is 12.2 Å². The Morgan fingerprint density at radius 1 is 1.29 bits per heavy atom. The highest BCUT2D eigenvalue weighted by molar-refractivity contribution is 7.80. The van der Waals surface area contributed by atoms with E-state index >= 15 is 0 Å². The lowest BCUT2D eigenvalue weighted by Gasteiger charge is -2.39. The van der Waals surface area contributed by atoms with Gasteiger partial charge in [-0.3, -0.25) is 0 Å². The van der Waals surface area contributed by atoms with Crippen LogP contribution in [0.15, 0.2) is 24.3 Å². The molecule has 4 heteroatoms. The van der Waals surface area contributed by atoms with Gasteiger partial charge in [0.15, 0.2) is 5.11 Å². The van der Waals surface area contributed by atoms with Crippen molar-refractivity contribution < 1.29 is 4.39 Å². The van der Waals surface area contributed by atoms with Crippen molar-refractivity contribution in [3.8, 4) is 0 Å². The number of benzene rings is 1. The predicted octanol–water partition coefficient (Wildman–Crippen LogP) is 4.42. The highest BCUT2D eigenvalue weighted by Crippen LogP contribution is 2.52. The summed E-state index contributed by atoms with van der Waals surface area (Å²) in [7, 11) is 0. The molecule has 1 N–H and O–H groups in total. The molecule has 3 rings (SSSR count). The molecule has 1 saturated carbocycles. The summed E-state index contributed by atoms with van der Waals surface area (Å²) in [6, 6.07) is 7.18. The van der Waals surface area contributed by atoms with Gasteiger partial charge in [-0.2, -0.15) is 0 Å². The summed E-state index contributed by atoms with van der Waals surface area (Å²) < 4.78 is 13.8. The fraction of sp³-hybridized carbons (Fsp3) is 0.588. The second kappa shape index (κ2) is 4.94. The molecule has 0 amide bonds. The highest BCUT2D eigenvalue weighted by Gasteiger charge is 2.50. The normalized spacial score (nSPS) is 30.3. The first kappa shape index (κ1) is 14.8. The number of hydrogen-bond acceptors (Lipinski definition) is 1. The van der Waals surface area contributed by atoms with Crippen LogP contribution < -0.4 is 5.32 Å². The van der Waals surface area contributed by atoms with Crippen LogP contribution in [-0.2, 0) is 0 Å². The molecule has 2 nitrogen and oxygen atoms in total. The number of nitrogens with zero attached hydrogens (tertiary/aromatic N) is 1. The molecule has 0 radical (unpaired) electrons. The van der Waals surface area contributed by atoms with Crippen LogP contribution in [0.2, 0.25) is 0 Å². The fourth-order valence-electron chi connectivity index (χ4n) is 4.45. The van der Waals surface area contributed by atoms with E-state index in [0.29, 0.717) is 27.7 Å². The molecule has 21 heavy (non-hydrogen) atoms. The van der Waals surface area contributed by atoms with Crippen molar-refractivity contribution in [1.82, 2.24) is 4.90 Å². The minimum Gasteiger partial charge on any atom is -0.345 e. The largest absolute Gasteiger partial charge is 0.345 e. The molecule has 2 bridgehead atoms. The first-order chi connectivity index (χ1) is 9.78. The number of hydrogen-bond donors (Lipinski definition) is 1. The molecule has 0 unspecified atom stereocenters. The average molecular weight is 306 g/mol.